The van der Waals surface area contributed by atoms with Gasteiger partial charge < -0.3 is 14.9 Å². The fourth-order valence-electron chi connectivity index (χ4n) is 3.57. The number of anilines is 2. The number of nitrogens with zero attached hydrogens (tertiary/aromatic N) is 1. The Balaban J connectivity index is 2.42. The minimum Gasteiger partial charge on any atom is -0.430 e. The van der Waals surface area contributed by atoms with E-state index in [0.29, 0.717) is 23.4 Å². The zero-order valence-corrected chi connectivity index (χ0v) is 23.6. The Morgan fingerprint density at radius 3 is 2.08 bits per heavy atom. The summed E-state index contributed by atoms with van der Waals surface area (Å²) in [6.45, 7) is 14.2. The first-order chi connectivity index (χ1) is 17.2. The molecule has 1 aliphatic rings. The maximum atomic E-state index is 13.5. The third-order valence-corrected chi connectivity index (χ3v) is 5.89. The molecule has 204 valence electrons. The molecule has 8 heteroatoms. The number of esters is 1. The highest BCUT2D eigenvalue weighted by atomic mass is 16.7. The minimum atomic E-state index is -0.858. The van der Waals surface area contributed by atoms with Gasteiger partial charge in [0.05, 0.1) is 22.1 Å². The summed E-state index contributed by atoms with van der Waals surface area (Å²) in [6, 6.07) is 4.96. The van der Waals surface area contributed by atoms with Crippen molar-refractivity contribution >= 4 is 40.7 Å². The van der Waals surface area contributed by atoms with Crippen molar-refractivity contribution in [2.24, 2.45) is 10.8 Å². The van der Waals surface area contributed by atoms with Crippen LogP contribution in [0.4, 0.5) is 11.4 Å². The molecule has 0 unspecified atom stereocenters. The molecule has 0 bridgehead atoms. The van der Waals surface area contributed by atoms with Crippen molar-refractivity contribution in [2.45, 2.75) is 100 Å². The molecular weight excluding hydrogens is 472 g/mol. The first kappa shape index (κ1) is 30.1. The number of benzene rings is 1. The average molecular weight is 515 g/mol. The molecule has 0 atom stereocenters. The second kappa shape index (κ2) is 12.4. The van der Waals surface area contributed by atoms with Crippen LogP contribution >= 0.6 is 0 Å². The summed E-state index contributed by atoms with van der Waals surface area (Å²) in [7, 11) is 0. The maximum absolute atomic E-state index is 13.5. The second-order valence-electron chi connectivity index (χ2n) is 11.5. The number of carbonyl (C=O) groups is 4. The molecule has 0 aromatic heterocycles. The van der Waals surface area contributed by atoms with Crippen molar-refractivity contribution in [3.63, 3.8) is 0 Å². The molecule has 0 radical (unpaired) electrons. The summed E-state index contributed by atoms with van der Waals surface area (Å²) in [5, 5.41) is 3.80. The number of unbranched alkanes of at least 4 members (excludes halogenated alkanes) is 4. The normalized spacial score (nSPS) is 14.8. The molecule has 2 rings (SSSR count). The number of amides is 2. The van der Waals surface area contributed by atoms with Gasteiger partial charge in [0.2, 0.25) is 5.91 Å². The molecule has 1 heterocycles. The van der Waals surface area contributed by atoms with Gasteiger partial charge in [0.25, 0.3) is 5.91 Å². The van der Waals surface area contributed by atoms with Crippen molar-refractivity contribution in [1.82, 2.24) is 0 Å². The number of rotatable bonds is 10. The molecule has 0 fully saturated rings. The summed E-state index contributed by atoms with van der Waals surface area (Å²) in [5.74, 6) is -1.60. The van der Waals surface area contributed by atoms with Crippen molar-refractivity contribution in [2.75, 3.05) is 10.4 Å². The lowest BCUT2D eigenvalue weighted by molar-refractivity contribution is -0.157. The van der Waals surface area contributed by atoms with Gasteiger partial charge in [0.1, 0.15) is 5.76 Å². The Kier molecular flexibility index (Phi) is 10.1. The summed E-state index contributed by atoms with van der Waals surface area (Å²) in [5.41, 5.74) is -0.227. The van der Waals surface area contributed by atoms with E-state index < -0.39 is 28.7 Å². The monoisotopic (exact) mass is 514 g/mol. The maximum Gasteiger partial charge on any atom is 0.338 e. The van der Waals surface area contributed by atoms with Crippen LogP contribution in [0.2, 0.25) is 0 Å². The first-order valence-electron chi connectivity index (χ1n) is 13.2. The smallest absolute Gasteiger partial charge is 0.338 e. The molecule has 37 heavy (non-hydrogen) atoms. The topological polar surface area (TPSA) is 102 Å². The number of allylic oxidation sites excluding steroid dienone is 1. The van der Waals surface area contributed by atoms with Crippen molar-refractivity contribution < 1.29 is 28.8 Å². The molecule has 1 aliphatic heterocycles. The minimum absolute atomic E-state index is 0.122. The average Bonchev–Trinajstić information content (AvgIpc) is 3.06. The largest absolute Gasteiger partial charge is 0.430 e. The van der Waals surface area contributed by atoms with Gasteiger partial charge in [0.15, 0.2) is 0 Å². The summed E-state index contributed by atoms with van der Waals surface area (Å²) < 4.78 is 5.65. The van der Waals surface area contributed by atoms with Crippen LogP contribution in [-0.4, -0.2) is 23.8 Å². The number of hydroxylamine groups is 1. The highest BCUT2D eigenvalue weighted by Crippen LogP contribution is 2.42. The highest BCUT2D eigenvalue weighted by molar-refractivity contribution is 6.33. The molecule has 0 aliphatic carbocycles. The lowest BCUT2D eigenvalue weighted by atomic mass is 9.97. The van der Waals surface area contributed by atoms with Gasteiger partial charge in [0, 0.05) is 24.1 Å². The third-order valence-electron chi connectivity index (χ3n) is 5.89. The lowest BCUT2D eigenvalue weighted by Gasteiger charge is -2.22. The predicted octanol–water partition coefficient (Wildman–Crippen LogP) is 6.55. The number of carbonyl (C=O) groups excluding carboxylic acids is 4. The zero-order valence-electron chi connectivity index (χ0n) is 23.6. The number of nitrogens with one attached hydrogen (secondary N) is 1. The van der Waals surface area contributed by atoms with Gasteiger partial charge >= 0.3 is 11.9 Å². The molecule has 2 amide bonds. The van der Waals surface area contributed by atoms with E-state index in [4.69, 9.17) is 9.57 Å². The Morgan fingerprint density at radius 1 is 0.892 bits per heavy atom. The second-order valence-corrected chi connectivity index (χ2v) is 11.5. The fraction of sp³-hybridized carbons (Fsp3) is 0.586. The van der Waals surface area contributed by atoms with Crippen LogP contribution in [0.1, 0.15) is 106 Å². The van der Waals surface area contributed by atoms with E-state index in [1.54, 1.807) is 66.7 Å². The van der Waals surface area contributed by atoms with E-state index in [9.17, 15) is 19.2 Å². The fourth-order valence-corrected chi connectivity index (χ4v) is 3.57. The van der Waals surface area contributed by atoms with Gasteiger partial charge in [-0.05, 0) is 66.2 Å². The van der Waals surface area contributed by atoms with Crippen LogP contribution in [0, 0.1) is 10.8 Å². The van der Waals surface area contributed by atoms with Crippen molar-refractivity contribution in [3.05, 3.63) is 29.5 Å². The van der Waals surface area contributed by atoms with Crippen LogP contribution in [0.15, 0.2) is 24.0 Å². The van der Waals surface area contributed by atoms with Gasteiger partial charge in [-0.1, -0.05) is 39.5 Å². The molecule has 1 aromatic rings. The quantitative estimate of drug-likeness (QED) is 0.164. The summed E-state index contributed by atoms with van der Waals surface area (Å²) >= 11 is 0. The molecule has 1 N–H and O–H groups in total. The molecule has 0 saturated carbocycles. The zero-order chi connectivity index (χ0) is 28.0. The Labute approximate surface area is 220 Å². The molecule has 0 spiro atoms. The number of fused-ring (bicyclic) bond motifs is 1. The number of ether oxygens (including phenoxy) is 1. The molecule has 8 nitrogen and oxygen atoms in total. The van der Waals surface area contributed by atoms with Crippen LogP contribution < -0.4 is 10.4 Å². The van der Waals surface area contributed by atoms with Gasteiger partial charge in [-0.2, -0.15) is 0 Å². The van der Waals surface area contributed by atoms with Crippen molar-refractivity contribution in [3.8, 4) is 0 Å². The van der Waals surface area contributed by atoms with Crippen LogP contribution in [-0.2, 0) is 28.8 Å². The van der Waals surface area contributed by atoms with E-state index >= 15 is 0 Å². The predicted molar refractivity (Wildman–Crippen MR) is 144 cm³/mol. The van der Waals surface area contributed by atoms with E-state index in [1.807, 2.05) is 0 Å². The Bertz CT molecular complexity index is 1060. The van der Waals surface area contributed by atoms with E-state index in [0.717, 1.165) is 37.2 Å². The molecule has 0 saturated heterocycles. The Morgan fingerprint density at radius 2 is 1.51 bits per heavy atom. The van der Waals surface area contributed by atoms with Gasteiger partial charge in [-0.25, -0.2) is 4.79 Å². The van der Waals surface area contributed by atoms with Gasteiger partial charge in [-0.15, -0.1) is 5.06 Å². The SMILES string of the molecule is CCCCCCCC(=O)Nc1ccc2c(c1)N(OC(=O)C(C)(C)C)C(=O)/C2=C(/CC)OC(=O)C(C)(C)C. The van der Waals surface area contributed by atoms with Gasteiger partial charge in [-0.3, -0.25) is 14.4 Å². The van der Waals surface area contributed by atoms with E-state index in [-0.39, 0.29) is 23.7 Å². The molecular formula is C29H42N2O6. The summed E-state index contributed by atoms with van der Waals surface area (Å²) in [4.78, 5) is 56.9. The third kappa shape index (κ3) is 7.91. The standard InChI is InChI=1S/C29H42N2O6/c1-9-11-12-13-14-15-23(32)30-19-16-17-20-21(18-19)31(37-27(35)29(6,7)8)25(33)24(20)22(10-2)36-26(34)28(3,4)5/h16-18H,9-15H2,1-8H3,(H,30,32)/b24-22-. The van der Waals surface area contributed by atoms with Crippen LogP contribution in [0.5, 0.6) is 0 Å². The van der Waals surface area contributed by atoms with Crippen molar-refractivity contribution in [1.29, 1.82) is 0 Å². The highest BCUT2D eigenvalue weighted by Gasteiger charge is 2.41. The molecule has 1 aromatic carbocycles. The lowest BCUT2D eigenvalue weighted by Crippen LogP contribution is -2.35. The Hall–Kier alpha value is -3.16. The first-order valence-corrected chi connectivity index (χ1v) is 13.2. The number of hydrogen-bond donors (Lipinski definition) is 1. The van der Waals surface area contributed by atoms with E-state index in [1.165, 1.54) is 0 Å². The van der Waals surface area contributed by atoms with Crippen LogP contribution in [0.3, 0.4) is 0 Å². The van der Waals surface area contributed by atoms with Crippen LogP contribution in [0.25, 0.3) is 5.57 Å². The summed E-state index contributed by atoms with van der Waals surface area (Å²) in [6.07, 6.45) is 5.88. The number of hydrogen-bond acceptors (Lipinski definition) is 6. The van der Waals surface area contributed by atoms with E-state index in [2.05, 4.69) is 12.2 Å².